The van der Waals surface area contributed by atoms with Crippen molar-refractivity contribution in [2.24, 2.45) is 0 Å². The fraction of sp³-hybridized carbons (Fsp3) is 0.533. The molecule has 1 aromatic rings. The van der Waals surface area contributed by atoms with Crippen LogP contribution in [0.5, 0.6) is 0 Å². The van der Waals surface area contributed by atoms with Gasteiger partial charge in [-0.25, -0.2) is 21.6 Å². The maximum atomic E-state index is 12.5. The number of carbonyl (C=O) groups is 1. The van der Waals surface area contributed by atoms with Crippen molar-refractivity contribution in [2.75, 3.05) is 24.6 Å². The monoisotopic (exact) mass is 374 g/mol. The Kier molecular flexibility index (Phi) is 5.67. The topological polar surface area (TPSA) is 101 Å². The summed E-state index contributed by atoms with van der Waals surface area (Å²) in [6, 6.07) is 5.18. The van der Waals surface area contributed by atoms with E-state index in [0.717, 1.165) is 0 Å². The Labute approximate surface area is 143 Å². The minimum Gasteiger partial charge on any atom is -0.339 e. The highest BCUT2D eigenvalue weighted by molar-refractivity contribution is 7.92. The minimum absolute atomic E-state index is 0.0132. The van der Waals surface area contributed by atoms with Crippen molar-refractivity contribution in [3.63, 3.8) is 0 Å². The van der Waals surface area contributed by atoms with Crippen LogP contribution in [-0.2, 0) is 19.9 Å². The van der Waals surface area contributed by atoms with E-state index in [1.165, 1.54) is 18.2 Å². The molecule has 1 amide bonds. The molecule has 0 radical (unpaired) electrons. The molecule has 1 atom stereocenters. The number of carbonyl (C=O) groups excluding carboxylic acids is 1. The fourth-order valence-corrected chi connectivity index (χ4v) is 5.76. The Bertz CT molecular complexity index is 814. The van der Waals surface area contributed by atoms with Crippen LogP contribution in [0.4, 0.5) is 0 Å². The third kappa shape index (κ3) is 4.34. The molecule has 0 unspecified atom stereocenters. The molecular formula is C15H22N2O5S2. The quantitative estimate of drug-likeness (QED) is 0.787. The van der Waals surface area contributed by atoms with Gasteiger partial charge in [0.2, 0.25) is 10.0 Å². The standard InChI is InChI=1S/C15H22N2O5S2/c1-3-17(4-2)15(18)12-6-5-7-14(10-12)24(21,22)16-13-8-9-23(19,20)11-13/h5-7,10,13,16H,3-4,8-9,11H2,1-2H3/t13-/m1/s1. The fourth-order valence-electron chi connectivity index (χ4n) is 2.67. The number of nitrogens with one attached hydrogen (secondary N) is 1. The highest BCUT2D eigenvalue weighted by atomic mass is 32.2. The zero-order valence-electron chi connectivity index (χ0n) is 13.7. The molecule has 1 aromatic carbocycles. The SMILES string of the molecule is CCN(CC)C(=O)c1cccc(S(=O)(=O)N[C@@H]2CCS(=O)(=O)C2)c1. The second-order valence-corrected chi connectivity index (χ2v) is 9.67. The predicted molar refractivity (Wildman–Crippen MR) is 91.1 cm³/mol. The molecule has 1 aliphatic heterocycles. The molecule has 1 aliphatic rings. The van der Waals surface area contributed by atoms with E-state index >= 15 is 0 Å². The van der Waals surface area contributed by atoms with Crippen LogP contribution in [0.1, 0.15) is 30.6 Å². The van der Waals surface area contributed by atoms with Crippen LogP contribution < -0.4 is 4.72 Å². The molecule has 1 heterocycles. The molecule has 0 aromatic heterocycles. The van der Waals surface area contributed by atoms with Gasteiger partial charge in [0.25, 0.3) is 5.91 Å². The average Bonchev–Trinajstić information content (AvgIpc) is 2.86. The van der Waals surface area contributed by atoms with Gasteiger partial charge < -0.3 is 4.90 Å². The Balaban J connectivity index is 2.22. The Morgan fingerprint density at radius 2 is 1.96 bits per heavy atom. The van der Waals surface area contributed by atoms with E-state index in [4.69, 9.17) is 0 Å². The first-order valence-electron chi connectivity index (χ1n) is 7.80. The van der Waals surface area contributed by atoms with Gasteiger partial charge in [0.05, 0.1) is 16.4 Å². The summed E-state index contributed by atoms with van der Waals surface area (Å²) >= 11 is 0. The number of rotatable bonds is 6. The third-order valence-electron chi connectivity index (χ3n) is 4.00. The molecule has 2 rings (SSSR count). The first-order chi connectivity index (χ1) is 11.2. The van der Waals surface area contributed by atoms with Gasteiger partial charge in [0.1, 0.15) is 0 Å². The van der Waals surface area contributed by atoms with Crippen LogP contribution in [-0.4, -0.2) is 58.3 Å². The second kappa shape index (κ2) is 7.20. The highest BCUT2D eigenvalue weighted by Crippen LogP contribution is 2.17. The van der Waals surface area contributed by atoms with Gasteiger partial charge in [-0.1, -0.05) is 6.07 Å². The molecule has 24 heavy (non-hydrogen) atoms. The Morgan fingerprint density at radius 3 is 2.50 bits per heavy atom. The molecule has 0 bridgehead atoms. The summed E-state index contributed by atoms with van der Waals surface area (Å²) in [5.41, 5.74) is 0.292. The number of amides is 1. The molecule has 9 heteroatoms. The van der Waals surface area contributed by atoms with E-state index in [0.29, 0.717) is 18.7 Å². The van der Waals surface area contributed by atoms with E-state index in [1.807, 2.05) is 13.8 Å². The lowest BCUT2D eigenvalue weighted by Gasteiger charge is -2.19. The second-order valence-electron chi connectivity index (χ2n) is 5.73. The normalized spacial score (nSPS) is 20.0. The van der Waals surface area contributed by atoms with Crippen molar-refractivity contribution in [1.29, 1.82) is 0 Å². The van der Waals surface area contributed by atoms with E-state index in [2.05, 4.69) is 4.72 Å². The molecule has 7 nitrogen and oxygen atoms in total. The average molecular weight is 374 g/mol. The van der Waals surface area contributed by atoms with Crippen molar-refractivity contribution in [2.45, 2.75) is 31.2 Å². The van der Waals surface area contributed by atoms with E-state index in [-0.39, 0.29) is 28.7 Å². The predicted octanol–water partition coefficient (Wildman–Crippen LogP) is 0.634. The number of hydrogen-bond acceptors (Lipinski definition) is 5. The zero-order valence-corrected chi connectivity index (χ0v) is 15.4. The number of hydrogen-bond donors (Lipinski definition) is 1. The van der Waals surface area contributed by atoms with Crippen LogP contribution >= 0.6 is 0 Å². The van der Waals surface area contributed by atoms with Gasteiger partial charge in [-0.05, 0) is 38.5 Å². The number of benzene rings is 1. The zero-order chi connectivity index (χ0) is 18.0. The molecular weight excluding hydrogens is 352 g/mol. The van der Waals surface area contributed by atoms with Crippen LogP contribution in [0, 0.1) is 0 Å². The lowest BCUT2D eigenvalue weighted by Crippen LogP contribution is -2.36. The van der Waals surface area contributed by atoms with E-state index < -0.39 is 25.9 Å². The summed E-state index contributed by atoms with van der Waals surface area (Å²) in [5.74, 6) is -0.439. The van der Waals surface area contributed by atoms with Crippen molar-refractivity contribution < 1.29 is 21.6 Å². The molecule has 134 valence electrons. The van der Waals surface area contributed by atoms with Gasteiger partial charge in [-0.2, -0.15) is 0 Å². The van der Waals surface area contributed by atoms with Crippen LogP contribution in [0.15, 0.2) is 29.2 Å². The summed E-state index contributed by atoms with van der Waals surface area (Å²) in [4.78, 5) is 13.9. The summed E-state index contributed by atoms with van der Waals surface area (Å²) in [5, 5.41) is 0. The molecule has 0 spiro atoms. The van der Waals surface area contributed by atoms with Crippen LogP contribution in [0.2, 0.25) is 0 Å². The lowest BCUT2D eigenvalue weighted by atomic mass is 10.2. The summed E-state index contributed by atoms with van der Waals surface area (Å²) in [7, 11) is -7.05. The molecule has 1 saturated heterocycles. The molecule has 1 fully saturated rings. The van der Waals surface area contributed by atoms with Gasteiger partial charge in [-0.3, -0.25) is 4.79 Å². The minimum atomic E-state index is -3.87. The van der Waals surface area contributed by atoms with Crippen molar-refractivity contribution in [3.8, 4) is 0 Å². The molecule has 0 saturated carbocycles. The van der Waals surface area contributed by atoms with Crippen molar-refractivity contribution >= 4 is 25.8 Å². The maximum absolute atomic E-state index is 12.5. The highest BCUT2D eigenvalue weighted by Gasteiger charge is 2.31. The maximum Gasteiger partial charge on any atom is 0.253 e. The summed E-state index contributed by atoms with van der Waals surface area (Å²) < 4.78 is 50.2. The van der Waals surface area contributed by atoms with Gasteiger partial charge in [-0.15, -0.1) is 0 Å². The molecule has 1 N–H and O–H groups in total. The van der Waals surface area contributed by atoms with Gasteiger partial charge in [0.15, 0.2) is 9.84 Å². The van der Waals surface area contributed by atoms with Gasteiger partial charge >= 0.3 is 0 Å². The summed E-state index contributed by atoms with van der Waals surface area (Å²) in [6.45, 7) is 4.77. The van der Waals surface area contributed by atoms with Crippen molar-refractivity contribution in [3.05, 3.63) is 29.8 Å². The number of sulfonamides is 1. The van der Waals surface area contributed by atoms with E-state index in [1.54, 1.807) is 11.0 Å². The smallest absolute Gasteiger partial charge is 0.253 e. The third-order valence-corrected chi connectivity index (χ3v) is 7.28. The van der Waals surface area contributed by atoms with E-state index in [9.17, 15) is 21.6 Å². The first kappa shape index (κ1) is 18.9. The Morgan fingerprint density at radius 1 is 1.29 bits per heavy atom. The first-order valence-corrected chi connectivity index (χ1v) is 11.1. The summed E-state index contributed by atoms with van der Waals surface area (Å²) in [6.07, 6.45) is 0.264. The largest absolute Gasteiger partial charge is 0.339 e. The van der Waals surface area contributed by atoms with Crippen LogP contribution in [0.3, 0.4) is 0 Å². The number of sulfone groups is 1. The lowest BCUT2D eigenvalue weighted by molar-refractivity contribution is 0.0772. The Hall–Kier alpha value is -1.45. The van der Waals surface area contributed by atoms with Crippen LogP contribution in [0.25, 0.3) is 0 Å². The van der Waals surface area contributed by atoms with Gasteiger partial charge in [0, 0.05) is 24.7 Å². The molecule has 0 aliphatic carbocycles. The number of nitrogens with zero attached hydrogens (tertiary/aromatic N) is 1. The van der Waals surface area contributed by atoms with Crippen molar-refractivity contribution in [1.82, 2.24) is 9.62 Å².